The Hall–Kier alpha value is -3.72. The summed E-state index contributed by atoms with van der Waals surface area (Å²) in [6.45, 7) is 2.71. The van der Waals surface area contributed by atoms with Crippen molar-refractivity contribution in [3.63, 3.8) is 0 Å². The lowest BCUT2D eigenvalue weighted by atomic mass is 9.92. The summed E-state index contributed by atoms with van der Waals surface area (Å²) in [6, 6.07) is 19.8. The Kier molecular flexibility index (Phi) is 9.26. The third-order valence-corrected chi connectivity index (χ3v) is 8.00. The number of aliphatic hydroxyl groups is 1. The Bertz CT molecular complexity index is 1570. The summed E-state index contributed by atoms with van der Waals surface area (Å²) in [4.78, 5) is 26.7. The quantitative estimate of drug-likeness (QED) is 0.233. The van der Waals surface area contributed by atoms with Crippen LogP contribution in [-0.2, 0) is 18.3 Å². The fraction of sp³-hybridized carbons (Fsp3) is 0.312. The fourth-order valence-electron chi connectivity index (χ4n) is 5.35. The average molecular weight is 611 g/mol. The van der Waals surface area contributed by atoms with Crippen molar-refractivity contribution in [2.75, 3.05) is 19.7 Å². The molecule has 0 saturated carbocycles. The Labute approximate surface area is 254 Å². The molecule has 1 aliphatic rings. The van der Waals surface area contributed by atoms with Gasteiger partial charge in [-0.15, -0.1) is 0 Å². The van der Waals surface area contributed by atoms with E-state index in [1.165, 1.54) is 0 Å². The van der Waals surface area contributed by atoms with Gasteiger partial charge >= 0.3 is 6.09 Å². The number of halogens is 2. The van der Waals surface area contributed by atoms with Crippen LogP contribution >= 0.6 is 23.2 Å². The third kappa shape index (κ3) is 6.51. The summed E-state index contributed by atoms with van der Waals surface area (Å²) in [5.41, 5.74) is 4.09. The zero-order chi connectivity index (χ0) is 29.8. The number of carbonyl (C=O) groups is 2. The van der Waals surface area contributed by atoms with E-state index in [0.29, 0.717) is 54.0 Å². The van der Waals surface area contributed by atoms with Gasteiger partial charge < -0.3 is 24.5 Å². The molecule has 2 N–H and O–H groups in total. The van der Waals surface area contributed by atoms with Gasteiger partial charge in [0.25, 0.3) is 0 Å². The topological polar surface area (TPSA) is 93.0 Å². The molecule has 2 atom stereocenters. The van der Waals surface area contributed by atoms with Crippen molar-refractivity contribution < 1.29 is 24.2 Å². The molecular weight excluding hydrogens is 577 g/mol. The number of benzene rings is 3. The largest absolute Gasteiger partial charge is 0.493 e. The molecule has 0 aliphatic carbocycles. The van der Waals surface area contributed by atoms with Gasteiger partial charge in [0.15, 0.2) is 0 Å². The number of nitrogens with zero attached hydrogens (tertiary/aromatic N) is 2. The molecule has 0 radical (unpaired) electrons. The monoisotopic (exact) mass is 609 g/mol. The lowest BCUT2D eigenvalue weighted by Crippen LogP contribution is -2.42. The molecule has 0 saturated heterocycles. The van der Waals surface area contributed by atoms with E-state index in [1.807, 2.05) is 49.5 Å². The van der Waals surface area contributed by atoms with Crippen LogP contribution in [0.4, 0.5) is 4.79 Å². The van der Waals surface area contributed by atoms with Crippen molar-refractivity contribution in [2.45, 2.75) is 38.3 Å². The minimum Gasteiger partial charge on any atom is -0.493 e. The summed E-state index contributed by atoms with van der Waals surface area (Å²) in [7, 11) is 2.00. The first-order valence-electron chi connectivity index (χ1n) is 13.9. The van der Waals surface area contributed by atoms with E-state index >= 15 is 0 Å². The highest BCUT2D eigenvalue weighted by molar-refractivity contribution is 6.31. The SMILES string of the molecule is CCC(=O)NCC(O)CCOc1ccc([C@H]2c3c(c4cc(Cl)ccc4n3C)CCN2C(=O)Oc2ccc(Cl)cc2)cc1. The molecule has 5 rings (SSSR count). The van der Waals surface area contributed by atoms with E-state index in [0.717, 1.165) is 27.7 Å². The number of fused-ring (bicyclic) bond motifs is 3. The molecule has 1 unspecified atom stereocenters. The van der Waals surface area contributed by atoms with Gasteiger partial charge in [0.1, 0.15) is 17.5 Å². The maximum Gasteiger partial charge on any atom is 0.416 e. The van der Waals surface area contributed by atoms with Crippen molar-refractivity contribution in [3.8, 4) is 11.5 Å². The zero-order valence-corrected chi connectivity index (χ0v) is 25.0. The number of aliphatic hydroxyl groups excluding tert-OH is 1. The summed E-state index contributed by atoms with van der Waals surface area (Å²) >= 11 is 12.4. The van der Waals surface area contributed by atoms with Crippen LogP contribution in [-0.4, -0.2) is 52.4 Å². The van der Waals surface area contributed by atoms with Gasteiger partial charge in [-0.2, -0.15) is 0 Å². The Morgan fingerprint density at radius 3 is 2.43 bits per heavy atom. The number of ether oxygens (including phenoxy) is 2. The van der Waals surface area contributed by atoms with Crippen molar-refractivity contribution in [3.05, 3.63) is 93.6 Å². The van der Waals surface area contributed by atoms with E-state index in [-0.39, 0.29) is 12.5 Å². The predicted octanol–water partition coefficient (Wildman–Crippen LogP) is 6.29. The second kappa shape index (κ2) is 13.1. The highest BCUT2D eigenvalue weighted by Crippen LogP contribution is 2.41. The Balaban J connectivity index is 1.39. The van der Waals surface area contributed by atoms with Crippen molar-refractivity contribution in [2.24, 2.45) is 7.05 Å². The first kappa shape index (κ1) is 29.8. The van der Waals surface area contributed by atoms with E-state index in [2.05, 4.69) is 9.88 Å². The van der Waals surface area contributed by atoms with Crippen LogP contribution < -0.4 is 14.8 Å². The number of nitrogens with one attached hydrogen (secondary N) is 1. The predicted molar refractivity (Wildman–Crippen MR) is 164 cm³/mol. The lowest BCUT2D eigenvalue weighted by Gasteiger charge is -2.36. The van der Waals surface area contributed by atoms with Crippen molar-refractivity contribution >= 4 is 46.1 Å². The minimum atomic E-state index is -0.694. The summed E-state index contributed by atoms with van der Waals surface area (Å²) < 4.78 is 13.8. The zero-order valence-electron chi connectivity index (χ0n) is 23.5. The van der Waals surface area contributed by atoms with Crippen molar-refractivity contribution in [1.29, 1.82) is 0 Å². The van der Waals surface area contributed by atoms with Crippen LogP contribution in [0, 0.1) is 0 Å². The van der Waals surface area contributed by atoms with Gasteiger partial charge in [0.2, 0.25) is 5.91 Å². The molecule has 2 amide bonds. The molecule has 0 fully saturated rings. The van der Waals surface area contributed by atoms with Gasteiger partial charge in [-0.25, -0.2) is 4.79 Å². The molecule has 1 aromatic heterocycles. The van der Waals surface area contributed by atoms with Crippen LogP contribution in [0.2, 0.25) is 10.0 Å². The molecule has 3 aromatic carbocycles. The molecule has 10 heteroatoms. The van der Waals surface area contributed by atoms with Gasteiger partial charge in [-0.05, 0) is 72.1 Å². The maximum atomic E-state index is 13.6. The molecule has 0 spiro atoms. The van der Waals surface area contributed by atoms with Crippen LogP contribution in [0.5, 0.6) is 11.5 Å². The van der Waals surface area contributed by atoms with E-state index < -0.39 is 18.2 Å². The number of amides is 2. The molecule has 8 nitrogen and oxygen atoms in total. The highest BCUT2D eigenvalue weighted by Gasteiger charge is 2.37. The van der Waals surface area contributed by atoms with E-state index in [9.17, 15) is 14.7 Å². The maximum absolute atomic E-state index is 13.6. The number of hydrogen-bond acceptors (Lipinski definition) is 5. The number of aromatic nitrogens is 1. The second-order valence-corrected chi connectivity index (χ2v) is 11.1. The molecule has 0 bridgehead atoms. The Morgan fingerprint density at radius 1 is 1.02 bits per heavy atom. The minimum absolute atomic E-state index is 0.100. The van der Waals surface area contributed by atoms with Gasteiger partial charge in [0.05, 0.1) is 12.7 Å². The van der Waals surface area contributed by atoms with Gasteiger partial charge in [-0.1, -0.05) is 42.3 Å². The summed E-state index contributed by atoms with van der Waals surface area (Å²) in [5, 5.41) is 15.1. The third-order valence-electron chi connectivity index (χ3n) is 7.51. The van der Waals surface area contributed by atoms with E-state index in [4.69, 9.17) is 32.7 Å². The normalized spacial score (nSPS) is 15.3. The molecule has 42 heavy (non-hydrogen) atoms. The highest BCUT2D eigenvalue weighted by atomic mass is 35.5. The van der Waals surface area contributed by atoms with Crippen LogP contribution in [0.1, 0.15) is 42.6 Å². The number of carbonyl (C=O) groups excluding carboxylic acids is 2. The first-order chi connectivity index (χ1) is 20.2. The number of rotatable bonds is 9. The summed E-state index contributed by atoms with van der Waals surface area (Å²) in [6.07, 6.45) is 0.254. The van der Waals surface area contributed by atoms with Crippen LogP contribution in [0.3, 0.4) is 0 Å². The fourth-order valence-corrected chi connectivity index (χ4v) is 5.65. The van der Waals surface area contributed by atoms with E-state index in [1.54, 1.807) is 36.1 Å². The Morgan fingerprint density at radius 2 is 1.71 bits per heavy atom. The van der Waals surface area contributed by atoms with Crippen molar-refractivity contribution in [1.82, 2.24) is 14.8 Å². The number of hydrogen-bond donors (Lipinski definition) is 2. The molecule has 4 aromatic rings. The molecule has 1 aliphatic heterocycles. The van der Waals surface area contributed by atoms with Gasteiger partial charge in [0, 0.05) is 59.6 Å². The van der Waals surface area contributed by atoms with Crippen LogP contribution in [0.25, 0.3) is 10.9 Å². The standard InChI is InChI=1S/C32H33Cl2N3O5/c1-3-29(39)35-19-23(38)15-17-41-24-9-4-20(5-10-24)30-31-26(27-18-22(34)8-13-28(27)36(31)2)14-16-37(30)32(40)42-25-11-6-21(33)7-12-25/h4-13,18,23,30,38H,3,14-17,19H2,1-2H3,(H,35,39)/t23?,30-/m0/s1. The smallest absolute Gasteiger partial charge is 0.416 e. The molecular formula is C32H33Cl2N3O5. The number of aryl methyl sites for hydroxylation is 1. The van der Waals surface area contributed by atoms with Crippen LogP contribution in [0.15, 0.2) is 66.7 Å². The molecule has 220 valence electrons. The molecule has 2 heterocycles. The lowest BCUT2D eigenvalue weighted by molar-refractivity contribution is -0.121. The first-order valence-corrected chi connectivity index (χ1v) is 14.7. The average Bonchev–Trinajstić information content (AvgIpc) is 3.27. The summed E-state index contributed by atoms with van der Waals surface area (Å²) in [5.74, 6) is 0.952. The van der Waals surface area contributed by atoms with Gasteiger partial charge in [-0.3, -0.25) is 9.69 Å². The second-order valence-electron chi connectivity index (χ2n) is 10.3.